The minimum Gasteiger partial charge on any atom is -0.480 e. The van der Waals surface area contributed by atoms with Crippen molar-refractivity contribution in [1.82, 2.24) is 9.88 Å². The maximum Gasteiger partial charge on any atom is 0.336 e. The van der Waals surface area contributed by atoms with E-state index in [9.17, 15) is 24.6 Å². The van der Waals surface area contributed by atoms with E-state index >= 15 is 0 Å². The summed E-state index contributed by atoms with van der Waals surface area (Å²) in [6.07, 6.45) is 0.220. The van der Waals surface area contributed by atoms with Crippen LogP contribution in [0, 0.1) is 5.92 Å². The second-order valence-corrected chi connectivity index (χ2v) is 7.98. The first kappa shape index (κ1) is 22.9. The normalized spacial score (nSPS) is 12.0. The number of aromatic carboxylic acids is 1. The zero-order valence-electron chi connectivity index (χ0n) is 18.3. The molecule has 3 rings (SSSR count). The summed E-state index contributed by atoms with van der Waals surface area (Å²) in [5.74, 6) is -2.49. The molecule has 1 heterocycles. The van der Waals surface area contributed by atoms with Gasteiger partial charge in [0.1, 0.15) is 6.04 Å². The van der Waals surface area contributed by atoms with Gasteiger partial charge in [0.15, 0.2) is 0 Å². The Balaban J connectivity index is 1.97. The minimum absolute atomic E-state index is 0.179. The first-order chi connectivity index (χ1) is 15.2. The molecule has 0 unspecified atom stereocenters. The van der Waals surface area contributed by atoms with Gasteiger partial charge < -0.3 is 15.1 Å². The molecule has 0 saturated carbocycles. The van der Waals surface area contributed by atoms with Crippen LogP contribution >= 0.6 is 0 Å². The maximum absolute atomic E-state index is 12.5. The Morgan fingerprint density at radius 3 is 2.34 bits per heavy atom. The van der Waals surface area contributed by atoms with Crippen molar-refractivity contribution >= 4 is 28.7 Å². The fourth-order valence-corrected chi connectivity index (χ4v) is 3.84. The molecule has 0 radical (unpaired) electrons. The number of aromatic nitrogens is 1. The average Bonchev–Trinajstić information content (AvgIpc) is 2.77. The molecule has 0 aliphatic rings. The summed E-state index contributed by atoms with van der Waals surface area (Å²) in [4.78, 5) is 41.9. The van der Waals surface area contributed by atoms with E-state index in [0.29, 0.717) is 16.8 Å². The molecule has 1 aromatic heterocycles. The number of rotatable bonds is 8. The Morgan fingerprint density at radius 1 is 1.00 bits per heavy atom. The van der Waals surface area contributed by atoms with Gasteiger partial charge in [-0.05, 0) is 35.7 Å². The van der Waals surface area contributed by atoms with Gasteiger partial charge in [0.2, 0.25) is 5.91 Å². The monoisotopic (exact) mass is 434 g/mol. The number of aliphatic carboxylic acids is 1. The van der Waals surface area contributed by atoms with E-state index < -0.39 is 18.0 Å². The molecule has 7 nitrogen and oxygen atoms in total. The summed E-state index contributed by atoms with van der Waals surface area (Å²) in [7, 11) is 0. The van der Waals surface area contributed by atoms with Crippen LogP contribution in [0.25, 0.3) is 22.2 Å². The van der Waals surface area contributed by atoms with Gasteiger partial charge in [-0.1, -0.05) is 51.1 Å². The van der Waals surface area contributed by atoms with Crippen LogP contribution in [0.2, 0.25) is 0 Å². The van der Waals surface area contributed by atoms with E-state index in [1.54, 1.807) is 57.2 Å². The number of carboxylic acid groups (broad SMARTS) is 2. The Bertz CT molecular complexity index is 1170. The summed E-state index contributed by atoms with van der Waals surface area (Å²) in [5.41, 5.74) is 2.74. The van der Waals surface area contributed by atoms with Crippen molar-refractivity contribution in [2.45, 2.75) is 39.8 Å². The first-order valence-electron chi connectivity index (χ1n) is 10.5. The second-order valence-electron chi connectivity index (χ2n) is 7.98. The smallest absolute Gasteiger partial charge is 0.336 e. The van der Waals surface area contributed by atoms with Crippen molar-refractivity contribution in [3.05, 3.63) is 65.7 Å². The minimum atomic E-state index is -1.02. The number of carbonyl (C=O) groups is 3. The molecule has 2 N–H and O–H groups in total. The van der Waals surface area contributed by atoms with Crippen LogP contribution in [0.4, 0.5) is 0 Å². The molecular weight excluding hydrogens is 408 g/mol. The predicted octanol–water partition coefficient (Wildman–Crippen LogP) is 4.45. The van der Waals surface area contributed by atoms with Crippen molar-refractivity contribution in [3.8, 4) is 11.3 Å². The van der Waals surface area contributed by atoms with Crippen LogP contribution in [0.3, 0.4) is 0 Å². The molecule has 2 aromatic carbocycles. The molecule has 1 amide bonds. The highest BCUT2D eigenvalue weighted by Crippen LogP contribution is 2.26. The molecule has 0 saturated heterocycles. The van der Waals surface area contributed by atoms with Crippen LogP contribution in [0.1, 0.15) is 43.1 Å². The van der Waals surface area contributed by atoms with E-state index in [2.05, 4.69) is 4.98 Å². The summed E-state index contributed by atoms with van der Waals surface area (Å²) in [6, 6.07) is 14.9. The predicted molar refractivity (Wildman–Crippen MR) is 121 cm³/mol. The Labute approximate surface area is 186 Å². The lowest BCUT2D eigenvalue weighted by Gasteiger charge is -2.31. The van der Waals surface area contributed by atoms with Crippen molar-refractivity contribution < 1.29 is 24.6 Å². The van der Waals surface area contributed by atoms with Gasteiger partial charge in [0.05, 0.1) is 16.8 Å². The molecule has 3 aromatic rings. The molecular formula is C25H26N2O5. The van der Waals surface area contributed by atoms with E-state index in [4.69, 9.17) is 0 Å². The highest BCUT2D eigenvalue weighted by Gasteiger charge is 2.31. The third-order valence-corrected chi connectivity index (χ3v) is 5.38. The molecule has 0 spiro atoms. The van der Waals surface area contributed by atoms with Crippen molar-refractivity contribution in [1.29, 1.82) is 0 Å². The number of carboxylic acids is 2. The van der Waals surface area contributed by atoms with Gasteiger partial charge in [0.25, 0.3) is 0 Å². The summed E-state index contributed by atoms with van der Waals surface area (Å²) >= 11 is 0. The number of amides is 1. The topological polar surface area (TPSA) is 108 Å². The van der Waals surface area contributed by atoms with Gasteiger partial charge in [-0.3, -0.25) is 4.79 Å². The zero-order valence-corrected chi connectivity index (χ0v) is 18.3. The SMILES string of the molecule is CCC(=O)N(Cc1ccc2nc(-c3ccccc3C(=O)O)ccc2c1)[C@H](C(=O)O)C(C)C. The zero-order chi connectivity index (χ0) is 23.4. The number of carbonyl (C=O) groups excluding carboxylic acids is 1. The Kier molecular flexibility index (Phi) is 6.88. The number of pyridine rings is 1. The number of fused-ring (bicyclic) bond motifs is 1. The standard InChI is InChI=1S/C25H26N2O5/c1-4-22(28)27(23(15(2)3)25(31)32)14-16-9-11-20-17(13-16)10-12-21(26-20)18-7-5-6-8-19(18)24(29)30/h5-13,15,23H,4,14H2,1-3H3,(H,29,30)(H,31,32)/t23-/m0/s1. The molecule has 0 bridgehead atoms. The second kappa shape index (κ2) is 9.60. The van der Waals surface area contributed by atoms with Crippen LogP contribution in [-0.2, 0) is 16.1 Å². The molecule has 166 valence electrons. The third kappa shape index (κ3) is 4.77. The summed E-state index contributed by atoms with van der Waals surface area (Å²) < 4.78 is 0. The van der Waals surface area contributed by atoms with E-state index in [-0.39, 0.29) is 30.4 Å². The van der Waals surface area contributed by atoms with Crippen LogP contribution in [0.15, 0.2) is 54.6 Å². The van der Waals surface area contributed by atoms with Crippen molar-refractivity contribution in [3.63, 3.8) is 0 Å². The Morgan fingerprint density at radius 2 is 1.72 bits per heavy atom. The van der Waals surface area contributed by atoms with Crippen molar-refractivity contribution in [2.75, 3.05) is 0 Å². The maximum atomic E-state index is 12.5. The van der Waals surface area contributed by atoms with Gasteiger partial charge in [-0.15, -0.1) is 0 Å². The van der Waals surface area contributed by atoms with Crippen LogP contribution in [-0.4, -0.2) is 44.0 Å². The summed E-state index contributed by atoms with van der Waals surface area (Å²) in [6.45, 7) is 5.47. The fourth-order valence-electron chi connectivity index (χ4n) is 3.84. The van der Waals surface area contributed by atoms with Gasteiger partial charge in [0, 0.05) is 23.9 Å². The lowest BCUT2D eigenvalue weighted by atomic mass is 10.0. The Hall–Kier alpha value is -3.74. The number of hydrogen-bond acceptors (Lipinski definition) is 4. The molecule has 0 aliphatic carbocycles. The fraction of sp³-hybridized carbons (Fsp3) is 0.280. The van der Waals surface area contributed by atoms with E-state index in [0.717, 1.165) is 10.9 Å². The average molecular weight is 434 g/mol. The van der Waals surface area contributed by atoms with Gasteiger partial charge in [-0.2, -0.15) is 0 Å². The molecule has 0 aliphatic heterocycles. The molecule has 32 heavy (non-hydrogen) atoms. The highest BCUT2D eigenvalue weighted by molar-refractivity contribution is 5.96. The number of hydrogen-bond donors (Lipinski definition) is 2. The van der Waals surface area contributed by atoms with Crippen LogP contribution < -0.4 is 0 Å². The molecule has 0 fully saturated rings. The highest BCUT2D eigenvalue weighted by atomic mass is 16.4. The lowest BCUT2D eigenvalue weighted by molar-refractivity contribution is -0.152. The van der Waals surface area contributed by atoms with Gasteiger partial charge >= 0.3 is 11.9 Å². The third-order valence-electron chi connectivity index (χ3n) is 5.38. The summed E-state index contributed by atoms with van der Waals surface area (Å²) in [5, 5.41) is 19.9. The van der Waals surface area contributed by atoms with Gasteiger partial charge in [-0.25, -0.2) is 14.6 Å². The lowest BCUT2D eigenvalue weighted by Crippen LogP contribution is -2.47. The molecule has 1 atom stereocenters. The first-order valence-corrected chi connectivity index (χ1v) is 10.5. The quantitative estimate of drug-likeness (QED) is 0.542. The van der Waals surface area contributed by atoms with E-state index in [1.807, 2.05) is 18.2 Å². The number of nitrogens with zero attached hydrogens (tertiary/aromatic N) is 2. The van der Waals surface area contributed by atoms with Crippen LogP contribution in [0.5, 0.6) is 0 Å². The largest absolute Gasteiger partial charge is 0.480 e. The van der Waals surface area contributed by atoms with E-state index in [1.165, 1.54) is 4.90 Å². The number of benzene rings is 2. The van der Waals surface area contributed by atoms with Crippen molar-refractivity contribution in [2.24, 2.45) is 5.92 Å². The molecule has 7 heteroatoms.